The van der Waals surface area contributed by atoms with Crippen LogP contribution in [0.1, 0.15) is 52.4 Å². The first kappa shape index (κ1) is 18.6. The number of carboxylic acid groups (broad SMARTS) is 1. The lowest BCUT2D eigenvalue weighted by Crippen LogP contribution is -2.26. The quantitative estimate of drug-likeness (QED) is 0.346. The van der Waals surface area contributed by atoms with Gasteiger partial charge in [-0.25, -0.2) is 0 Å². The Morgan fingerprint density at radius 3 is 2.50 bits per heavy atom. The van der Waals surface area contributed by atoms with Crippen molar-refractivity contribution < 1.29 is 24.5 Å². The van der Waals surface area contributed by atoms with Gasteiger partial charge in [0.05, 0.1) is 18.9 Å². The number of hydrogen-bond donors (Lipinski definition) is 2. The highest BCUT2D eigenvalue weighted by Gasteiger charge is 2.24. The van der Waals surface area contributed by atoms with Gasteiger partial charge in [-0.1, -0.05) is 25.0 Å². The van der Waals surface area contributed by atoms with Crippen molar-refractivity contribution in [2.24, 2.45) is 5.92 Å². The molecule has 0 rings (SSSR count). The summed E-state index contributed by atoms with van der Waals surface area (Å²) in [4.78, 5) is 22.6. The molecule has 2 unspecified atom stereocenters. The minimum absolute atomic E-state index is 0.216. The van der Waals surface area contributed by atoms with Crippen LogP contribution in [-0.4, -0.2) is 34.9 Å². The Kier molecular flexibility index (Phi) is 10.7. The fourth-order valence-electron chi connectivity index (χ4n) is 1.84. The van der Waals surface area contributed by atoms with Crippen LogP contribution in [0.2, 0.25) is 0 Å². The number of carbonyl (C=O) groups is 2. The van der Waals surface area contributed by atoms with Crippen molar-refractivity contribution in [1.82, 2.24) is 0 Å². The molecule has 116 valence electrons. The molecule has 2 N–H and O–H groups in total. The van der Waals surface area contributed by atoms with Gasteiger partial charge in [0, 0.05) is 0 Å². The lowest BCUT2D eigenvalue weighted by atomic mass is 9.97. The van der Waals surface area contributed by atoms with Gasteiger partial charge in [0.2, 0.25) is 0 Å². The van der Waals surface area contributed by atoms with E-state index in [0.29, 0.717) is 6.42 Å². The van der Waals surface area contributed by atoms with Gasteiger partial charge in [-0.15, -0.1) is 0 Å². The zero-order valence-corrected chi connectivity index (χ0v) is 12.4. The Morgan fingerprint density at radius 1 is 1.25 bits per heavy atom. The van der Waals surface area contributed by atoms with Gasteiger partial charge in [-0.05, 0) is 33.1 Å². The first-order valence-electron chi connectivity index (χ1n) is 7.15. The highest BCUT2D eigenvalue weighted by atomic mass is 16.6. The predicted molar refractivity (Wildman–Crippen MR) is 76.3 cm³/mol. The average Bonchev–Trinajstić information content (AvgIpc) is 2.40. The number of allylic oxidation sites excluding steroid dienone is 2. The number of unbranched alkanes of at least 4 members (excludes halogenated alkanes) is 3. The molecule has 0 heterocycles. The molecule has 0 bridgehead atoms. The van der Waals surface area contributed by atoms with Crippen LogP contribution in [0, 0.1) is 5.92 Å². The molecule has 5 heteroatoms. The van der Waals surface area contributed by atoms with Crippen molar-refractivity contribution >= 4 is 11.9 Å². The maximum absolute atomic E-state index is 11.8. The highest BCUT2D eigenvalue weighted by molar-refractivity contribution is 5.79. The minimum atomic E-state index is -1.00. The maximum Gasteiger partial charge on any atom is 0.309 e. The van der Waals surface area contributed by atoms with Crippen LogP contribution >= 0.6 is 0 Å². The third kappa shape index (κ3) is 9.55. The van der Waals surface area contributed by atoms with Crippen molar-refractivity contribution in [3.05, 3.63) is 12.2 Å². The highest BCUT2D eigenvalue weighted by Crippen LogP contribution is 2.17. The van der Waals surface area contributed by atoms with Crippen molar-refractivity contribution in [1.29, 1.82) is 0 Å². The molecule has 0 aliphatic carbocycles. The zero-order chi connectivity index (χ0) is 15.4. The van der Waals surface area contributed by atoms with E-state index in [2.05, 4.69) is 6.08 Å². The Labute approximate surface area is 120 Å². The molecule has 5 nitrogen and oxygen atoms in total. The van der Waals surface area contributed by atoms with Crippen LogP contribution in [0.5, 0.6) is 0 Å². The van der Waals surface area contributed by atoms with E-state index in [9.17, 15) is 9.59 Å². The van der Waals surface area contributed by atoms with Gasteiger partial charge in [0.1, 0.15) is 6.10 Å². The lowest BCUT2D eigenvalue weighted by molar-refractivity contribution is -0.158. The molecule has 0 saturated carbocycles. The molecule has 0 saturated heterocycles. The van der Waals surface area contributed by atoms with Crippen LogP contribution in [0.4, 0.5) is 0 Å². The fraction of sp³-hybridized carbons (Fsp3) is 0.733. The van der Waals surface area contributed by atoms with E-state index in [1.54, 1.807) is 6.92 Å². The number of aliphatic hydroxyl groups is 1. The molecule has 0 aromatic rings. The molecule has 0 fully saturated rings. The first-order valence-corrected chi connectivity index (χ1v) is 7.15. The van der Waals surface area contributed by atoms with Crippen LogP contribution in [0.25, 0.3) is 0 Å². The summed E-state index contributed by atoms with van der Waals surface area (Å²) >= 11 is 0. The predicted octanol–water partition coefficient (Wildman–Crippen LogP) is 2.53. The zero-order valence-electron chi connectivity index (χ0n) is 12.4. The van der Waals surface area contributed by atoms with Crippen molar-refractivity contribution in [2.75, 3.05) is 6.61 Å². The number of esters is 1. The first-order chi connectivity index (χ1) is 9.51. The topological polar surface area (TPSA) is 83.8 Å². The fourth-order valence-corrected chi connectivity index (χ4v) is 1.84. The van der Waals surface area contributed by atoms with Crippen molar-refractivity contribution in [3.63, 3.8) is 0 Å². The van der Waals surface area contributed by atoms with Crippen LogP contribution < -0.4 is 0 Å². The third-order valence-corrected chi connectivity index (χ3v) is 2.99. The Hall–Kier alpha value is -1.36. The summed E-state index contributed by atoms with van der Waals surface area (Å²) in [6.45, 7) is 3.29. The van der Waals surface area contributed by atoms with Gasteiger partial charge in [0.25, 0.3) is 0 Å². The summed E-state index contributed by atoms with van der Waals surface area (Å²) in [5.41, 5.74) is 0. The molecule has 2 atom stereocenters. The summed E-state index contributed by atoms with van der Waals surface area (Å²) in [6.07, 6.45) is 7.60. The summed E-state index contributed by atoms with van der Waals surface area (Å²) in [7, 11) is 0. The molecule has 0 amide bonds. The van der Waals surface area contributed by atoms with Gasteiger partial charge in [-0.2, -0.15) is 0 Å². The van der Waals surface area contributed by atoms with Crippen LogP contribution in [-0.2, 0) is 14.3 Å². The average molecular weight is 286 g/mol. The number of carbonyl (C=O) groups excluding carboxylic acids is 1. The monoisotopic (exact) mass is 286 g/mol. The van der Waals surface area contributed by atoms with Crippen LogP contribution in [0.15, 0.2) is 12.2 Å². The molecular weight excluding hydrogens is 260 g/mol. The standard InChI is InChI=1S/C15H26O5/c1-3-4-5-6-7-8-9-13(10-14(17)18)15(19)20-12(2)11-16/h3-4,12-13,16H,5-11H2,1-2H3,(H,17,18)/b4-3+. The summed E-state index contributed by atoms with van der Waals surface area (Å²) in [5, 5.41) is 17.7. The normalized spacial score (nSPS) is 14.2. The summed E-state index contributed by atoms with van der Waals surface area (Å²) in [5.74, 6) is -2.15. The SMILES string of the molecule is C/C=C/CCCCCC(CC(=O)O)C(=O)OC(C)CO. The molecule has 0 aliphatic heterocycles. The largest absolute Gasteiger partial charge is 0.481 e. The number of aliphatic hydroxyl groups excluding tert-OH is 1. The minimum Gasteiger partial charge on any atom is -0.481 e. The lowest BCUT2D eigenvalue weighted by Gasteiger charge is -2.17. The summed E-state index contributed by atoms with van der Waals surface area (Å²) in [6, 6.07) is 0. The Bertz CT molecular complexity index is 311. The van der Waals surface area contributed by atoms with Crippen LogP contribution in [0.3, 0.4) is 0 Å². The van der Waals surface area contributed by atoms with E-state index < -0.39 is 24.0 Å². The van der Waals surface area contributed by atoms with Gasteiger partial charge in [0.15, 0.2) is 0 Å². The molecular formula is C15H26O5. The Balaban J connectivity index is 4.13. The maximum atomic E-state index is 11.8. The molecule has 0 radical (unpaired) electrons. The molecule has 0 aliphatic rings. The smallest absolute Gasteiger partial charge is 0.309 e. The number of carboxylic acids is 1. The second-order valence-corrected chi connectivity index (χ2v) is 4.93. The van der Waals surface area contributed by atoms with E-state index in [1.165, 1.54) is 0 Å². The molecule has 20 heavy (non-hydrogen) atoms. The van der Waals surface area contributed by atoms with E-state index in [-0.39, 0.29) is 13.0 Å². The number of ether oxygens (including phenoxy) is 1. The third-order valence-electron chi connectivity index (χ3n) is 2.99. The van der Waals surface area contributed by atoms with E-state index in [4.69, 9.17) is 14.9 Å². The van der Waals surface area contributed by atoms with Gasteiger partial charge in [-0.3, -0.25) is 9.59 Å². The van der Waals surface area contributed by atoms with Gasteiger partial charge >= 0.3 is 11.9 Å². The number of rotatable bonds is 11. The number of hydrogen-bond acceptors (Lipinski definition) is 4. The second kappa shape index (κ2) is 11.5. The summed E-state index contributed by atoms with van der Waals surface area (Å²) < 4.78 is 4.99. The number of aliphatic carboxylic acids is 1. The van der Waals surface area contributed by atoms with Gasteiger partial charge < -0.3 is 14.9 Å². The van der Waals surface area contributed by atoms with Crippen molar-refractivity contribution in [3.8, 4) is 0 Å². The Morgan fingerprint density at radius 2 is 1.95 bits per heavy atom. The van der Waals surface area contributed by atoms with E-state index >= 15 is 0 Å². The second-order valence-electron chi connectivity index (χ2n) is 4.93. The van der Waals surface area contributed by atoms with E-state index in [0.717, 1.165) is 25.7 Å². The van der Waals surface area contributed by atoms with E-state index in [1.807, 2.05) is 13.0 Å². The van der Waals surface area contributed by atoms with Crippen molar-refractivity contribution in [2.45, 2.75) is 58.5 Å². The molecule has 0 spiro atoms. The molecule has 0 aromatic carbocycles. The molecule has 0 aromatic heterocycles.